The van der Waals surface area contributed by atoms with Gasteiger partial charge in [-0.25, -0.2) is 4.79 Å². The van der Waals surface area contributed by atoms with E-state index >= 15 is 0 Å². The van der Waals surface area contributed by atoms with Gasteiger partial charge in [0.2, 0.25) is 0 Å². The maximum atomic E-state index is 12.1. The van der Waals surface area contributed by atoms with Gasteiger partial charge in [-0.2, -0.15) is 0 Å². The molecule has 0 fully saturated rings. The van der Waals surface area contributed by atoms with E-state index < -0.39 is 5.97 Å². The smallest absolute Gasteiger partial charge is 0.335 e. The van der Waals surface area contributed by atoms with Gasteiger partial charge in [-0.1, -0.05) is 28.1 Å². The number of rotatable bonds is 3. The van der Waals surface area contributed by atoms with Crippen molar-refractivity contribution in [1.29, 1.82) is 0 Å². The second-order valence-corrected chi connectivity index (χ2v) is 5.22. The molecule has 0 spiro atoms. The summed E-state index contributed by atoms with van der Waals surface area (Å²) in [6, 6.07) is 11.5. The lowest BCUT2D eigenvalue weighted by Crippen LogP contribution is -2.13. The van der Waals surface area contributed by atoms with Gasteiger partial charge in [-0.3, -0.25) is 4.79 Å². The fourth-order valence-electron chi connectivity index (χ4n) is 1.72. The first-order valence-corrected chi connectivity index (χ1v) is 6.67. The van der Waals surface area contributed by atoms with Gasteiger partial charge >= 0.3 is 5.97 Å². The number of anilines is 1. The van der Waals surface area contributed by atoms with Crippen LogP contribution in [-0.4, -0.2) is 17.0 Å². The lowest BCUT2D eigenvalue weighted by atomic mass is 10.1. The lowest BCUT2D eigenvalue weighted by Gasteiger charge is -2.09. The Hall–Kier alpha value is -2.14. The number of carboxylic acid groups (broad SMARTS) is 1. The van der Waals surface area contributed by atoms with Crippen molar-refractivity contribution < 1.29 is 14.7 Å². The largest absolute Gasteiger partial charge is 0.478 e. The number of amides is 1. The number of hydrogen-bond donors (Lipinski definition) is 2. The van der Waals surface area contributed by atoms with E-state index in [4.69, 9.17) is 5.11 Å². The van der Waals surface area contributed by atoms with Gasteiger partial charge in [0.1, 0.15) is 0 Å². The van der Waals surface area contributed by atoms with E-state index in [0.29, 0.717) is 11.3 Å². The Morgan fingerprint density at radius 3 is 2.50 bits per heavy atom. The number of halogens is 1. The summed E-state index contributed by atoms with van der Waals surface area (Å²) in [5.74, 6) is -1.40. The molecule has 2 aromatic carbocycles. The monoisotopic (exact) mass is 333 g/mol. The topological polar surface area (TPSA) is 66.4 Å². The van der Waals surface area contributed by atoms with Gasteiger partial charge in [0.15, 0.2) is 0 Å². The average molecular weight is 334 g/mol. The third-order valence-corrected chi connectivity index (χ3v) is 3.31. The first kappa shape index (κ1) is 14.3. The maximum Gasteiger partial charge on any atom is 0.335 e. The minimum atomic E-state index is -1.06. The molecule has 1 amide bonds. The third-order valence-electron chi connectivity index (χ3n) is 2.82. The van der Waals surface area contributed by atoms with Crippen LogP contribution in [0.4, 0.5) is 5.69 Å². The van der Waals surface area contributed by atoms with Crippen LogP contribution in [0.15, 0.2) is 46.9 Å². The first-order valence-electron chi connectivity index (χ1n) is 5.88. The highest BCUT2D eigenvalue weighted by atomic mass is 79.9. The van der Waals surface area contributed by atoms with Crippen LogP contribution in [0.3, 0.4) is 0 Å². The molecule has 0 aliphatic carbocycles. The summed E-state index contributed by atoms with van der Waals surface area (Å²) in [6.45, 7) is 1.88. The molecule has 0 radical (unpaired) electrons. The number of carbonyl (C=O) groups is 2. The second kappa shape index (κ2) is 5.88. The number of carbonyl (C=O) groups excluding carboxylic acids is 1. The van der Waals surface area contributed by atoms with Gasteiger partial charge in [-0.05, 0) is 42.8 Å². The lowest BCUT2D eigenvalue weighted by molar-refractivity contribution is 0.0697. The Morgan fingerprint density at radius 1 is 1.10 bits per heavy atom. The molecule has 0 aliphatic rings. The van der Waals surface area contributed by atoms with Crippen LogP contribution in [0, 0.1) is 6.92 Å². The molecular weight excluding hydrogens is 322 g/mol. The standard InChI is InChI=1S/C15H12BrNO3/c1-9-5-6-12(16)8-13(9)17-14(18)10-3-2-4-11(7-10)15(19)20/h2-8H,1H3,(H,17,18)(H,19,20). The van der Waals surface area contributed by atoms with Crippen LogP contribution >= 0.6 is 15.9 Å². The zero-order chi connectivity index (χ0) is 14.7. The predicted molar refractivity (Wildman–Crippen MR) is 80.2 cm³/mol. The number of aryl methyl sites for hydroxylation is 1. The molecule has 0 saturated heterocycles. The molecule has 2 N–H and O–H groups in total. The Morgan fingerprint density at radius 2 is 1.80 bits per heavy atom. The minimum Gasteiger partial charge on any atom is -0.478 e. The molecule has 2 rings (SSSR count). The summed E-state index contributed by atoms with van der Waals surface area (Å²) >= 11 is 3.34. The van der Waals surface area contributed by atoms with E-state index in [9.17, 15) is 9.59 Å². The van der Waals surface area contributed by atoms with E-state index in [1.165, 1.54) is 12.1 Å². The molecule has 4 nitrogen and oxygen atoms in total. The number of nitrogens with one attached hydrogen (secondary N) is 1. The number of aromatic carboxylic acids is 1. The van der Waals surface area contributed by atoms with Crippen molar-refractivity contribution in [1.82, 2.24) is 0 Å². The van der Waals surface area contributed by atoms with E-state index in [2.05, 4.69) is 21.2 Å². The van der Waals surface area contributed by atoms with Gasteiger partial charge in [0, 0.05) is 15.7 Å². The molecule has 0 saturated carbocycles. The third kappa shape index (κ3) is 3.24. The van der Waals surface area contributed by atoms with E-state index in [-0.39, 0.29) is 11.5 Å². The molecule has 2 aromatic rings. The fourth-order valence-corrected chi connectivity index (χ4v) is 2.08. The quantitative estimate of drug-likeness (QED) is 0.899. The fraction of sp³-hybridized carbons (Fsp3) is 0.0667. The average Bonchev–Trinajstić information content (AvgIpc) is 2.43. The Labute approximate surface area is 124 Å². The second-order valence-electron chi connectivity index (χ2n) is 4.30. The number of hydrogen-bond acceptors (Lipinski definition) is 2. The molecule has 0 bridgehead atoms. The van der Waals surface area contributed by atoms with Crippen LogP contribution in [0.5, 0.6) is 0 Å². The summed E-state index contributed by atoms with van der Waals surface area (Å²) in [4.78, 5) is 23.0. The van der Waals surface area contributed by atoms with E-state index in [1.54, 1.807) is 18.2 Å². The van der Waals surface area contributed by atoms with Crippen molar-refractivity contribution in [2.24, 2.45) is 0 Å². The van der Waals surface area contributed by atoms with Crippen molar-refractivity contribution in [3.8, 4) is 0 Å². The van der Waals surface area contributed by atoms with Crippen molar-refractivity contribution in [2.75, 3.05) is 5.32 Å². The van der Waals surface area contributed by atoms with Crippen LogP contribution in [0.1, 0.15) is 26.3 Å². The Bertz CT molecular complexity index is 683. The molecule has 0 atom stereocenters. The molecule has 5 heteroatoms. The summed E-state index contributed by atoms with van der Waals surface area (Å²) in [7, 11) is 0. The van der Waals surface area contributed by atoms with Crippen molar-refractivity contribution in [2.45, 2.75) is 6.92 Å². The Balaban J connectivity index is 2.26. The Kier molecular flexibility index (Phi) is 4.20. The van der Waals surface area contributed by atoms with Gasteiger partial charge in [0.05, 0.1) is 5.56 Å². The summed E-state index contributed by atoms with van der Waals surface area (Å²) in [6.07, 6.45) is 0. The van der Waals surface area contributed by atoms with Crippen molar-refractivity contribution >= 4 is 33.5 Å². The number of carboxylic acids is 1. The zero-order valence-electron chi connectivity index (χ0n) is 10.7. The highest BCUT2D eigenvalue weighted by Crippen LogP contribution is 2.21. The van der Waals surface area contributed by atoms with Crippen LogP contribution in [-0.2, 0) is 0 Å². The molecular formula is C15H12BrNO3. The highest BCUT2D eigenvalue weighted by Gasteiger charge is 2.11. The first-order chi connectivity index (χ1) is 9.47. The van der Waals surface area contributed by atoms with Gasteiger partial charge < -0.3 is 10.4 Å². The minimum absolute atomic E-state index is 0.0867. The molecule has 20 heavy (non-hydrogen) atoms. The summed E-state index contributed by atoms with van der Waals surface area (Å²) in [5.41, 5.74) is 2.01. The van der Waals surface area contributed by atoms with Gasteiger partial charge in [-0.15, -0.1) is 0 Å². The molecule has 102 valence electrons. The SMILES string of the molecule is Cc1ccc(Br)cc1NC(=O)c1cccc(C(=O)O)c1. The molecule has 0 heterocycles. The molecule has 0 aliphatic heterocycles. The molecule has 0 aromatic heterocycles. The van der Waals surface area contributed by atoms with E-state index in [0.717, 1.165) is 10.0 Å². The van der Waals surface area contributed by atoms with Gasteiger partial charge in [0.25, 0.3) is 5.91 Å². The predicted octanol–water partition coefficient (Wildman–Crippen LogP) is 3.71. The number of benzene rings is 2. The molecule has 0 unspecified atom stereocenters. The normalized spacial score (nSPS) is 10.1. The maximum absolute atomic E-state index is 12.1. The van der Waals surface area contributed by atoms with E-state index in [1.807, 2.05) is 19.1 Å². The van der Waals surface area contributed by atoms with Crippen LogP contribution < -0.4 is 5.32 Å². The zero-order valence-corrected chi connectivity index (χ0v) is 12.3. The summed E-state index contributed by atoms with van der Waals surface area (Å²) in [5, 5.41) is 11.7. The van der Waals surface area contributed by atoms with Crippen LogP contribution in [0.2, 0.25) is 0 Å². The highest BCUT2D eigenvalue weighted by molar-refractivity contribution is 9.10. The van der Waals surface area contributed by atoms with Crippen LogP contribution in [0.25, 0.3) is 0 Å². The summed E-state index contributed by atoms with van der Waals surface area (Å²) < 4.78 is 0.859. The van der Waals surface area contributed by atoms with Crippen molar-refractivity contribution in [3.63, 3.8) is 0 Å². The van der Waals surface area contributed by atoms with Crippen molar-refractivity contribution in [3.05, 3.63) is 63.6 Å².